The highest BCUT2D eigenvalue weighted by molar-refractivity contribution is 5.88. The maximum atomic E-state index is 14.4. The van der Waals surface area contributed by atoms with Gasteiger partial charge < -0.3 is 23.9 Å². The SMILES string of the molecule is O=C(O)c1ccc2nc(CN3CCC(c4cccc5c4OCC(c4ccccc4F)O5)CC3)n(C[C@@H]3CCO3)c2n1. The van der Waals surface area contributed by atoms with Gasteiger partial charge >= 0.3 is 5.97 Å². The number of ether oxygens (including phenoxy) is 3. The zero-order chi connectivity index (χ0) is 27.9. The van der Waals surface area contributed by atoms with Crippen LogP contribution in [0.15, 0.2) is 54.6 Å². The van der Waals surface area contributed by atoms with Gasteiger partial charge in [-0.2, -0.15) is 0 Å². The number of likely N-dealkylation sites (tertiary alicyclic amines) is 1. The van der Waals surface area contributed by atoms with Gasteiger partial charge in [-0.05, 0) is 62.5 Å². The van der Waals surface area contributed by atoms with Crippen LogP contribution in [0.4, 0.5) is 4.39 Å². The summed E-state index contributed by atoms with van der Waals surface area (Å²) in [4.78, 5) is 23.2. The van der Waals surface area contributed by atoms with Crippen LogP contribution in [0.25, 0.3) is 11.2 Å². The second kappa shape index (κ2) is 10.8. The quantitative estimate of drug-likeness (QED) is 0.340. The molecule has 2 fully saturated rings. The molecule has 10 heteroatoms. The lowest BCUT2D eigenvalue weighted by Crippen LogP contribution is -2.35. The van der Waals surface area contributed by atoms with Crippen LogP contribution in [-0.2, 0) is 17.8 Å². The van der Waals surface area contributed by atoms with Gasteiger partial charge in [0.25, 0.3) is 0 Å². The molecule has 0 spiro atoms. The van der Waals surface area contributed by atoms with Gasteiger partial charge in [0.15, 0.2) is 28.9 Å². The molecule has 0 saturated carbocycles. The van der Waals surface area contributed by atoms with E-state index in [1.807, 2.05) is 22.8 Å². The van der Waals surface area contributed by atoms with E-state index in [1.165, 1.54) is 12.1 Å². The highest BCUT2D eigenvalue weighted by Crippen LogP contribution is 2.44. The summed E-state index contributed by atoms with van der Waals surface area (Å²) in [7, 11) is 0. The first kappa shape index (κ1) is 25.9. The monoisotopic (exact) mass is 558 g/mol. The molecular weight excluding hydrogens is 527 g/mol. The summed E-state index contributed by atoms with van der Waals surface area (Å²) in [6, 6.07) is 15.9. The Morgan fingerprint density at radius 3 is 2.56 bits per heavy atom. The number of aromatic nitrogens is 3. The molecule has 0 bridgehead atoms. The van der Waals surface area contributed by atoms with Gasteiger partial charge in [-0.25, -0.2) is 19.2 Å². The Morgan fingerprint density at radius 1 is 1.00 bits per heavy atom. The Balaban J connectivity index is 1.06. The van der Waals surface area contributed by atoms with Crippen molar-refractivity contribution in [3.63, 3.8) is 0 Å². The molecule has 212 valence electrons. The molecule has 2 aromatic carbocycles. The second-order valence-electron chi connectivity index (χ2n) is 10.9. The third-order valence-electron chi connectivity index (χ3n) is 8.37. The van der Waals surface area contributed by atoms with E-state index in [4.69, 9.17) is 19.2 Å². The number of hydrogen-bond acceptors (Lipinski definition) is 7. The van der Waals surface area contributed by atoms with E-state index in [2.05, 4.69) is 16.0 Å². The number of nitrogens with zero attached hydrogens (tertiary/aromatic N) is 4. The van der Waals surface area contributed by atoms with Crippen molar-refractivity contribution in [1.82, 2.24) is 19.4 Å². The Hall–Kier alpha value is -4.02. The smallest absolute Gasteiger partial charge is 0.354 e. The van der Waals surface area contributed by atoms with Crippen LogP contribution in [0.1, 0.15) is 58.7 Å². The van der Waals surface area contributed by atoms with Crippen LogP contribution in [0.5, 0.6) is 11.5 Å². The minimum atomic E-state index is -1.05. The molecule has 41 heavy (non-hydrogen) atoms. The van der Waals surface area contributed by atoms with Crippen molar-refractivity contribution < 1.29 is 28.5 Å². The first-order valence-electron chi connectivity index (χ1n) is 14.1. The summed E-state index contributed by atoms with van der Waals surface area (Å²) in [5.41, 5.74) is 2.93. The average Bonchev–Trinajstić information content (AvgIpc) is 3.30. The maximum absolute atomic E-state index is 14.4. The molecule has 5 heterocycles. The topological polar surface area (TPSA) is 98.9 Å². The highest BCUT2D eigenvalue weighted by Gasteiger charge is 2.31. The normalized spacial score (nSPS) is 21.1. The third kappa shape index (κ3) is 5.02. The van der Waals surface area contributed by atoms with Crippen LogP contribution in [0, 0.1) is 5.82 Å². The number of carboxylic acids is 1. The van der Waals surface area contributed by atoms with Crippen LogP contribution in [-0.4, -0.2) is 62.9 Å². The predicted molar refractivity (Wildman–Crippen MR) is 148 cm³/mol. The third-order valence-corrected chi connectivity index (χ3v) is 8.37. The van der Waals surface area contributed by atoms with Gasteiger partial charge in [0.2, 0.25) is 0 Å². The van der Waals surface area contributed by atoms with Gasteiger partial charge in [0.1, 0.15) is 23.8 Å². The van der Waals surface area contributed by atoms with Gasteiger partial charge in [-0.15, -0.1) is 0 Å². The fourth-order valence-electron chi connectivity index (χ4n) is 6.05. The molecule has 1 N–H and O–H groups in total. The van der Waals surface area contributed by atoms with E-state index in [0.29, 0.717) is 41.5 Å². The van der Waals surface area contributed by atoms with Crippen molar-refractivity contribution in [3.05, 3.63) is 83.1 Å². The standard InChI is InChI=1S/C31H31FN4O5/c32-23-6-2-1-4-22(23)27-18-40-29-21(5-3-7-26(29)41-27)19-10-13-35(14-11-19)17-28-33-24-8-9-25(31(37)38)34-30(24)36(28)16-20-12-15-39-20/h1-9,19-20,27H,10-18H2,(H,37,38)/t20-,27?/m0/s1. The number of rotatable bonds is 7. The lowest BCUT2D eigenvalue weighted by molar-refractivity contribution is -0.0593. The summed E-state index contributed by atoms with van der Waals surface area (Å²) in [5, 5.41) is 9.45. The summed E-state index contributed by atoms with van der Waals surface area (Å²) in [6.07, 6.45) is 2.48. The number of halogens is 1. The lowest BCUT2D eigenvalue weighted by atomic mass is 9.88. The number of fused-ring (bicyclic) bond motifs is 2. The maximum Gasteiger partial charge on any atom is 0.354 e. The number of imidazole rings is 1. The van der Waals surface area contributed by atoms with Crippen molar-refractivity contribution in [1.29, 1.82) is 0 Å². The molecular formula is C31H31FN4O5. The van der Waals surface area contributed by atoms with E-state index in [1.54, 1.807) is 18.2 Å². The van der Waals surface area contributed by atoms with Crippen LogP contribution in [0.3, 0.4) is 0 Å². The van der Waals surface area contributed by atoms with E-state index >= 15 is 0 Å². The Morgan fingerprint density at radius 2 is 1.80 bits per heavy atom. The molecule has 2 saturated heterocycles. The number of benzene rings is 2. The summed E-state index contributed by atoms with van der Waals surface area (Å²) < 4.78 is 34.5. The minimum Gasteiger partial charge on any atom is -0.485 e. The van der Waals surface area contributed by atoms with Crippen molar-refractivity contribution in [2.45, 2.75) is 50.5 Å². The molecule has 2 aromatic heterocycles. The molecule has 0 amide bonds. The Labute approximate surface area is 236 Å². The zero-order valence-corrected chi connectivity index (χ0v) is 22.5. The number of aromatic carboxylic acids is 1. The number of carbonyl (C=O) groups is 1. The predicted octanol–water partition coefficient (Wildman–Crippen LogP) is 4.95. The second-order valence-corrected chi connectivity index (χ2v) is 10.9. The fourth-order valence-corrected chi connectivity index (χ4v) is 6.05. The number of para-hydroxylation sites is 1. The average molecular weight is 559 g/mol. The van der Waals surface area contributed by atoms with E-state index in [9.17, 15) is 14.3 Å². The summed E-state index contributed by atoms with van der Waals surface area (Å²) >= 11 is 0. The van der Waals surface area contributed by atoms with E-state index in [-0.39, 0.29) is 24.2 Å². The van der Waals surface area contributed by atoms with E-state index in [0.717, 1.165) is 56.1 Å². The van der Waals surface area contributed by atoms with Crippen LogP contribution >= 0.6 is 0 Å². The van der Waals surface area contributed by atoms with Crippen LogP contribution < -0.4 is 9.47 Å². The minimum absolute atomic E-state index is 0.0122. The van der Waals surface area contributed by atoms with Crippen LogP contribution in [0.2, 0.25) is 0 Å². The number of hydrogen-bond donors (Lipinski definition) is 1. The molecule has 4 aromatic rings. The molecule has 0 aliphatic carbocycles. The van der Waals surface area contributed by atoms with Gasteiger partial charge in [0, 0.05) is 17.7 Å². The Kier molecular flexibility index (Phi) is 6.80. The molecule has 7 rings (SSSR count). The lowest BCUT2D eigenvalue weighted by Gasteiger charge is -2.35. The van der Waals surface area contributed by atoms with Crippen molar-refractivity contribution >= 4 is 17.1 Å². The molecule has 3 aliphatic heterocycles. The molecule has 2 atom stereocenters. The molecule has 1 unspecified atom stereocenters. The van der Waals surface area contributed by atoms with Gasteiger partial charge in [-0.1, -0.05) is 30.3 Å². The highest BCUT2D eigenvalue weighted by atomic mass is 19.1. The van der Waals surface area contributed by atoms with Crippen molar-refractivity contribution in [3.8, 4) is 11.5 Å². The van der Waals surface area contributed by atoms with Gasteiger partial charge in [0.05, 0.1) is 19.2 Å². The number of carboxylic acid groups (broad SMARTS) is 1. The summed E-state index contributed by atoms with van der Waals surface area (Å²) in [6.45, 7) is 4.03. The molecule has 3 aliphatic rings. The molecule has 0 radical (unpaired) electrons. The summed E-state index contributed by atoms with van der Waals surface area (Å²) in [5.74, 6) is 1.27. The largest absolute Gasteiger partial charge is 0.485 e. The number of piperidine rings is 1. The zero-order valence-electron chi connectivity index (χ0n) is 22.5. The van der Waals surface area contributed by atoms with Crippen molar-refractivity contribution in [2.24, 2.45) is 0 Å². The first-order chi connectivity index (χ1) is 20.0. The Bertz CT molecular complexity index is 1590. The van der Waals surface area contributed by atoms with E-state index < -0.39 is 12.1 Å². The first-order valence-corrected chi connectivity index (χ1v) is 14.1. The fraction of sp³-hybridized carbons (Fsp3) is 0.387. The van der Waals surface area contributed by atoms with Gasteiger partial charge in [-0.3, -0.25) is 4.90 Å². The molecule has 9 nitrogen and oxygen atoms in total. The van der Waals surface area contributed by atoms with Crippen molar-refractivity contribution in [2.75, 3.05) is 26.3 Å². The number of pyridine rings is 1.